The normalized spacial score (nSPS) is 19.1. The molecule has 0 bridgehead atoms. The molecule has 0 atom stereocenters. The van der Waals surface area contributed by atoms with Crippen LogP contribution in [0.1, 0.15) is 5.69 Å². The van der Waals surface area contributed by atoms with Gasteiger partial charge < -0.3 is 5.73 Å². The predicted octanol–water partition coefficient (Wildman–Crippen LogP) is 3.69. The third-order valence-electron chi connectivity index (χ3n) is 3.37. The summed E-state index contributed by atoms with van der Waals surface area (Å²) in [5, 5.41) is 8.15. The largest absolute Gasteiger partial charge is 0.366 e. The Morgan fingerprint density at radius 2 is 1.32 bits per heavy atom. The summed E-state index contributed by atoms with van der Waals surface area (Å²) in [7, 11) is 0. The maximum Gasteiger partial charge on any atom is 0.240 e. The second kappa shape index (κ2) is 8.31. The Labute approximate surface area is 146 Å². The van der Waals surface area contributed by atoms with Crippen LogP contribution < -0.4 is 5.73 Å². The maximum absolute atomic E-state index is 5.78. The molecule has 5 nitrogen and oxygen atoms in total. The summed E-state index contributed by atoms with van der Waals surface area (Å²) in [5.41, 5.74) is 8.88. The SMILES string of the molecule is Nc1nnc(-c2ccncc2)c(C2=C\C=C/C=C\C=C/C=C\C=C2)n1. The molecule has 25 heavy (non-hydrogen) atoms. The van der Waals surface area contributed by atoms with Crippen molar-refractivity contribution in [3.05, 3.63) is 97.1 Å². The van der Waals surface area contributed by atoms with E-state index in [-0.39, 0.29) is 5.95 Å². The number of hydrogen-bond donors (Lipinski definition) is 1. The van der Waals surface area contributed by atoms with Crippen molar-refractivity contribution in [2.45, 2.75) is 0 Å². The highest BCUT2D eigenvalue weighted by molar-refractivity contribution is 5.82. The molecule has 1 aliphatic carbocycles. The van der Waals surface area contributed by atoms with E-state index in [0.29, 0.717) is 11.4 Å². The first-order chi connectivity index (χ1) is 12.3. The van der Waals surface area contributed by atoms with E-state index in [1.807, 2.05) is 79.0 Å². The molecule has 122 valence electrons. The van der Waals surface area contributed by atoms with Crippen LogP contribution in [0.5, 0.6) is 0 Å². The first kappa shape index (κ1) is 16.3. The first-order valence-electron chi connectivity index (χ1n) is 7.80. The molecule has 0 unspecified atom stereocenters. The van der Waals surface area contributed by atoms with Gasteiger partial charge in [-0.15, -0.1) is 10.2 Å². The molecule has 0 radical (unpaired) electrons. The standard InChI is InChI=1S/C20H17N5/c21-20-23-18(19(24-25-20)17-12-14-22-15-13-17)16-10-8-6-4-2-1-3-5-7-9-11-16/h1-15H,(H2,21,23,25)/b2-1-,3-1?,4-2?,5-3-,6-4-,7-5?,8-6?,9-7-,10-8?,11-9?,16-10?,16-11?. The molecule has 0 aliphatic heterocycles. The predicted molar refractivity (Wildman–Crippen MR) is 101 cm³/mol. The van der Waals surface area contributed by atoms with E-state index in [1.165, 1.54) is 0 Å². The summed E-state index contributed by atoms with van der Waals surface area (Å²) in [5.74, 6) is 0.135. The summed E-state index contributed by atoms with van der Waals surface area (Å²) in [4.78, 5) is 8.46. The molecule has 2 N–H and O–H groups in total. The number of nitrogen functional groups attached to an aromatic ring is 1. The molecule has 2 aromatic heterocycles. The molecule has 1 aliphatic rings. The smallest absolute Gasteiger partial charge is 0.240 e. The summed E-state index contributed by atoms with van der Waals surface area (Å²) in [6.07, 6.45) is 25.0. The van der Waals surface area contributed by atoms with Gasteiger partial charge in [0.25, 0.3) is 0 Å². The van der Waals surface area contributed by atoms with Crippen molar-refractivity contribution >= 4 is 11.5 Å². The Morgan fingerprint density at radius 1 is 0.680 bits per heavy atom. The lowest BCUT2D eigenvalue weighted by Gasteiger charge is -2.08. The van der Waals surface area contributed by atoms with Gasteiger partial charge in [0, 0.05) is 23.5 Å². The summed E-state index contributed by atoms with van der Waals surface area (Å²) >= 11 is 0. The number of hydrogen-bond acceptors (Lipinski definition) is 5. The van der Waals surface area contributed by atoms with Crippen molar-refractivity contribution < 1.29 is 0 Å². The van der Waals surface area contributed by atoms with Crippen LogP contribution in [0.25, 0.3) is 16.8 Å². The summed E-state index contributed by atoms with van der Waals surface area (Å²) < 4.78 is 0. The van der Waals surface area contributed by atoms with E-state index in [4.69, 9.17) is 5.73 Å². The van der Waals surface area contributed by atoms with Gasteiger partial charge in [0.15, 0.2) is 0 Å². The van der Waals surface area contributed by atoms with Crippen LogP contribution in [0.2, 0.25) is 0 Å². The van der Waals surface area contributed by atoms with Crippen LogP contribution in [-0.2, 0) is 0 Å². The van der Waals surface area contributed by atoms with Crippen molar-refractivity contribution in [1.29, 1.82) is 0 Å². The van der Waals surface area contributed by atoms with Gasteiger partial charge in [-0.1, -0.05) is 66.8 Å². The topological polar surface area (TPSA) is 77.6 Å². The van der Waals surface area contributed by atoms with Crippen molar-refractivity contribution in [2.75, 3.05) is 5.73 Å². The van der Waals surface area contributed by atoms with Crippen molar-refractivity contribution in [2.24, 2.45) is 0 Å². The highest BCUT2D eigenvalue weighted by Gasteiger charge is 2.12. The quantitative estimate of drug-likeness (QED) is 0.910. The van der Waals surface area contributed by atoms with Crippen LogP contribution >= 0.6 is 0 Å². The Bertz CT molecular complexity index is 903. The van der Waals surface area contributed by atoms with Crippen LogP contribution in [0.15, 0.2) is 91.4 Å². The average Bonchev–Trinajstić information content (AvgIpc) is 2.63. The minimum Gasteiger partial charge on any atom is -0.366 e. The second-order valence-electron chi connectivity index (χ2n) is 5.12. The lowest BCUT2D eigenvalue weighted by atomic mass is 10.0. The molecule has 0 saturated carbocycles. The monoisotopic (exact) mass is 327 g/mol. The Balaban J connectivity index is 2.11. The van der Waals surface area contributed by atoms with Gasteiger partial charge >= 0.3 is 0 Å². The summed E-state index contributed by atoms with van der Waals surface area (Å²) in [6.45, 7) is 0. The van der Waals surface area contributed by atoms with Crippen LogP contribution in [-0.4, -0.2) is 20.2 Å². The molecule has 3 rings (SSSR count). The molecule has 2 heterocycles. The number of nitrogens with two attached hydrogens (primary N) is 1. The lowest BCUT2D eigenvalue weighted by Crippen LogP contribution is -2.04. The van der Waals surface area contributed by atoms with Gasteiger partial charge in [-0.05, 0) is 12.1 Å². The van der Waals surface area contributed by atoms with Crippen molar-refractivity contribution in [3.63, 3.8) is 0 Å². The first-order valence-corrected chi connectivity index (χ1v) is 7.80. The van der Waals surface area contributed by atoms with E-state index >= 15 is 0 Å². The molecule has 2 aromatic rings. The molecule has 0 amide bonds. The molecule has 0 fully saturated rings. The van der Waals surface area contributed by atoms with Gasteiger partial charge in [0.05, 0.1) is 0 Å². The molecule has 0 spiro atoms. The minimum absolute atomic E-state index is 0.135. The molecular formula is C20H17N5. The van der Waals surface area contributed by atoms with Gasteiger partial charge in [-0.2, -0.15) is 0 Å². The number of anilines is 1. The van der Waals surface area contributed by atoms with E-state index in [9.17, 15) is 0 Å². The fourth-order valence-corrected chi connectivity index (χ4v) is 2.22. The zero-order valence-corrected chi connectivity index (χ0v) is 13.5. The van der Waals surface area contributed by atoms with E-state index < -0.39 is 0 Å². The van der Waals surface area contributed by atoms with Crippen LogP contribution in [0, 0.1) is 0 Å². The molecule has 0 aromatic carbocycles. The van der Waals surface area contributed by atoms with Gasteiger partial charge in [-0.3, -0.25) is 4.98 Å². The highest BCUT2D eigenvalue weighted by Crippen LogP contribution is 2.26. The van der Waals surface area contributed by atoms with Gasteiger partial charge in [0.2, 0.25) is 5.95 Å². The number of allylic oxidation sites excluding steroid dienone is 12. The Morgan fingerprint density at radius 3 is 2.04 bits per heavy atom. The second-order valence-corrected chi connectivity index (χ2v) is 5.12. The van der Waals surface area contributed by atoms with Crippen LogP contribution in [0.3, 0.4) is 0 Å². The fourth-order valence-electron chi connectivity index (χ4n) is 2.22. The third kappa shape index (κ3) is 4.45. The number of aromatic nitrogens is 4. The fraction of sp³-hybridized carbons (Fsp3) is 0. The minimum atomic E-state index is 0.135. The lowest BCUT2D eigenvalue weighted by molar-refractivity contribution is 0.982. The molecular weight excluding hydrogens is 310 g/mol. The zero-order valence-electron chi connectivity index (χ0n) is 13.5. The van der Waals surface area contributed by atoms with E-state index in [0.717, 1.165) is 11.1 Å². The van der Waals surface area contributed by atoms with Crippen molar-refractivity contribution in [1.82, 2.24) is 20.2 Å². The number of pyridine rings is 1. The Kier molecular flexibility index (Phi) is 5.40. The van der Waals surface area contributed by atoms with Crippen molar-refractivity contribution in [3.8, 4) is 11.3 Å². The van der Waals surface area contributed by atoms with E-state index in [2.05, 4.69) is 20.2 Å². The number of rotatable bonds is 2. The highest BCUT2D eigenvalue weighted by atomic mass is 15.2. The van der Waals surface area contributed by atoms with Gasteiger partial charge in [-0.25, -0.2) is 4.98 Å². The van der Waals surface area contributed by atoms with Gasteiger partial charge in [0.1, 0.15) is 11.4 Å². The maximum atomic E-state index is 5.78. The summed E-state index contributed by atoms with van der Waals surface area (Å²) in [6, 6.07) is 3.74. The van der Waals surface area contributed by atoms with Crippen LogP contribution in [0.4, 0.5) is 5.95 Å². The average molecular weight is 327 g/mol. The molecule has 5 heteroatoms. The zero-order chi connectivity index (χ0) is 17.3. The van der Waals surface area contributed by atoms with E-state index in [1.54, 1.807) is 12.4 Å². The molecule has 0 saturated heterocycles. The number of nitrogens with zero attached hydrogens (tertiary/aromatic N) is 4. The third-order valence-corrected chi connectivity index (χ3v) is 3.37. The Hall–Kier alpha value is -3.60.